The monoisotopic (exact) mass is 702 g/mol. The van der Waals surface area contributed by atoms with Crippen LogP contribution in [0.3, 0.4) is 0 Å². The zero-order valence-corrected chi connectivity index (χ0v) is 32.4. The van der Waals surface area contributed by atoms with E-state index in [1.807, 2.05) is 0 Å². The van der Waals surface area contributed by atoms with E-state index in [9.17, 15) is 19.6 Å². The first kappa shape index (κ1) is 42.9. The molecule has 0 aromatic carbocycles. The van der Waals surface area contributed by atoms with Crippen molar-refractivity contribution in [1.29, 1.82) is 0 Å². The first-order chi connectivity index (χ1) is 19.9. The fourth-order valence-corrected chi connectivity index (χ4v) is 22.8. The molecule has 0 aromatic heterocycles. The van der Waals surface area contributed by atoms with Crippen molar-refractivity contribution in [2.75, 3.05) is 0 Å². The van der Waals surface area contributed by atoms with Crippen molar-refractivity contribution >= 4 is 13.0 Å². The number of hydrogen-bond donors (Lipinski definition) is 1. The van der Waals surface area contributed by atoms with E-state index in [0.29, 0.717) is 38.5 Å². The Hall–Kier alpha value is -1.11. The molecule has 0 aliphatic heterocycles. The molecule has 0 rings (SSSR count). The van der Waals surface area contributed by atoms with Crippen molar-refractivity contribution in [3.05, 3.63) is 25.3 Å². The van der Waals surface area contributed by atoms with Gasteiger partial charge in [-0.05, 0) is 0 Å². The zero-order valence-electron chi connectivity index (χ0n) is 30.0. The molecule has 258 valence electrons. The molecular formula is C36H68O7Zr. The van der Waals surface area contributed by atoms with Gasteiger partial charge in [-0.2, -0.15) is 0 Å². The summed E-state index contributed by atoms with van der Waals surface area (Å²) in [5.74, 6) is -0.988. The Morgan fingerprint density at radius 2 is 0.909 bits per heavy atom. The van der Waals surface area contributed by atoms with Gasteiger partial charge < -0.3 is 0 Å². The minimum atomic E-state index is -9.00. The number of hydrogen-bond acceptors (Lipinski definition) is 7. The fourth-order valence-electron chi connectivity index (χ4n) is 6.47. The van der Waals surface area contributed by atoms with Crippen LogP contribution in [0.4, 0.5) is 0 Å². The molecule has 0 aromatic rings. The van der Waals surface area contributed by atoms with Crippen molar-refractivity contribution in [3.8, 4) is 0 Å². The van der Waals surface area contributed by atoms with Crippen LogP contribution in [-0.4, -0.2) is 18.2 Å². The van der Waals surface area contributed by atoms with Gasteiger partial charge in [0.05, 0.1) is 0 Å². The summed E-state index contributed by atoms with van der Waals surface area (Å²) in [7, 11) is 0. The van der Waals surface area contributed by atoms with Crippen molar-refractivity contribution in [2.45, 2.75) is 167 Å². The maximum absolute atomic E-state index is 16.3. The standard InChI is InChI=1S/C10H20O2.2C10H19O.2C3H5.H2O2.O.Zr/c1-10(2,3)8-6-4-5-7-9(11)12;2*1-10(2,3)8-6-4-5-7-9-11;2*1-3-2;1-2;;/h4-8H2,1-3H3,(H,11,12);2*4-8H2,1-3H3;2*3H,1-2H2;1-2H;;/q;;;;;;;+2/p-2. The summed E-state index contributed by atoms with van der Waals surface area (Å²) in [4.78, 5) is 42.7. The van der Waals surface area contributed by atoms with Crippen LogP contribution in [0.5, 0.6) is 0 Å². The molecule has 1 N–H and O–H groups in total. The van der Waals surface area contributed by atoms with Gasteiger partial charge in [0, 0.05) is 0 Å². The van der Waals surface area contributed by atoms with E-state index in [0.717, 1.165) is 50.7 Å². The third-order valence-electron chi connectivity index (χ3n) is 9.44. The van der Waals surface area contributed by atoms with E-state index in [1.54, 1.807) is 0 Å². The molecule has 0 heterocycles. The number of carbonyl (C=O) groups excluding carboxylic acids is 3. The molecule has 0 unspecified atom stereocenters. The van der Waals surface area contributed by atoms with Crippen LogP contribution in [-0.2, 0) is 39.7 Å². The normalized spacial score (nSPS) is 15.4. The summed E-state index contributed by atoms with van der Waals surface area (Å²) in [6.07, 6.45) is 9.69. The van der Waals surface area contributed by atoms with Gasteiger partial charge in [-0.15, -0.1) is 0 Å². The van der Waals surface area contributed by atoms with Gasteiger partial charge in [0.15, 0.2) is 0 Å². The second-order valence-corrected chi connectivity index (χ2v) is 37.1. The minimum absolute atomic E-state index is 0.110. The van der Waals surface area contributed by atoms with Crippen LogP contribution in [0, 0.1) is 16.2 Å². The molecular weight excluding hydrogens is 636 g/mol. The SMILES string of the molecule is C=C[CH2][Zr](=[O])([CH2]C=C)([O]O)([O]C(=O)CCCCCC(C)(C)C)([C](=O)CCCCCC(C)(C)C)[C](=O)CCCCCC(C)(C)C. The molecule has 0 atom stereocenters. The summed E-state index contributed by atoms with van der Waals surface area (Å²) >= 11 is -9.00. The Morgan fingerprint density at radius 3 is 1.18 bits per heavy atom. The van der Waals surface area contributed by atoms with E-state index < -0.39 is 37.9 Å². The molecule has 0 bridgehead atoms. The van der Waals surface area contributed by atoms with Crippen molar-refractivity contribution in [2.24, 2.45) is 16.2 Å². The molecule has 0 radical (unpaired) electrons. The van der Waals surface area contributed by atoms with Crippen molar-refractivity contribution in [1.82, 2.24) is 0 Å². The van der Waals surface area contributed by atoms with Crippen LogP contribution in [0.25, 0.3) is 0 Å². The van der Waals surface area contributed by atoms with E-state index in [1.165, 1.54) is 0 Å². The summed E-state index contributed by atoms with van der Waals surface area (Å²) in [6.45, 7) is 26.6. The Morgan fingerprint density at radius 1 is 0.591 bits per heavy atom. The average Bonchev–Trinajstić information content (AvgIpc) is 2.86. The predicted octanol–water partition coefficient (Wildman–Crippen LogP) is 11.2. The van der Waals surface area contributed by atoms with Crippen LogP contribution in [0.1, 0.15) is 159 Å². The second-order valence-electron chi connectivity index (χ2n) is 17.6. The Balaban J connectivity index is 6.67. The summed E-state index contributed by atoms with van der Waals surface area (Å²) < 4.78 is 23.2. The molecule has 0 spiro atoms. The fraction of sp³-hybridized carbons (Fsp3) is 0.806. The molecule has 44 heavy (non-hydrogen) atoms. The van der Waals surface area contributed by atoms with Crippen LogP contribution in [0.2, 0.25) is 8.26 Å². The molecule has 7 nitrogen and oxygen atoms in total. The van der Waals surface area contributed by atoms with Gasteiger partial charge in [0.1, 0.15) is 0 Å². The maximum atomic E-state index is 16.3. The average molecular weight is 704 g/mol. The number of carbonyl (C=O) groups is 3. The van der Waals surface area contributed by atoms with Gasteiger partial charge in [0.25, 0.3) is 0 Å². The quantitative estimate of drug-likeness (QED) is 0.0488. The number of unbranched alkanes of at least 4 members (excludes halogenated alkanes) is 6. The Bertz CT molecular complexity index is 1060. The molecule has 0 saturated heterocycles. The molecule has 0 aliphatic carbocycles. The van der Waals surface area contributed by atoms with Gasteiger partial charge in [-0.1, -0.05) is 0 Å². The first-order valence-corrected chi connectivity index (χ1v) is 26.0. The Kier molecular flexibility index (Phi) is 14.8. The second kappa shape index (κ2) is 15.2. The summed E-state index contributed by atoms with van der Waals surface area (Å²) in [6, 6.07) is 0. The van der Waals surface area contributed by atoms with Crippen LogP contribution in [0.15, 0.2) is 25.3 Å². The van der Waals surface area contributed by atoms with E-state index in [2.05, 4.69) is 75.5 Å². The zero-order chi connectivity index (χ0) is 34.5. The number of rotatable bonds is 23. The van der Waals surface area contributed by atoms with Gasteiger partial charge in [0.2, 0.25) is 0 Å². The summed E-state index contributed by atoms with van der Waals surface area (Å²) in [5.41, 5.74) is 0.369. The van der Waals surface area contributed by atoms with Crippen molar-refractivity contribution < 1.29 is 44.9 Å². The molecule has 0 amide bonds. The molecule has 0 fully saturated rings. The first-order valence-electron chi connectivity index (χ1n) is 17.1. The molecule has 8 heteroatoms. The molecule has 0 saturated carbocycles. The number of allylic oxidation sites excluding steroid dienone is 2. The third kappa shape index (κ3) is 10.7. The van der Waals surface area contributed by atoms with E-state index in [4.69, 9.17) is 5.78 Å². The third-order valence-corrected chi connectivity index (χ3v) is 30.2. The van der Waals surface area contributed by atoms with Gasteiger partial charge in [-0.25, -0.2) is 0 Å². The predicted molar refractivity (Wildman–Crippen MR) is 178 cm³/mol. The van der Waals surface area contributed by atoms with Gasteiger partial charge >= 0.3 is 266 Å². The van der Waals surface area contributed by atoms with Crippen LogP contribution < -0.4 is 0 Å². The van der Waals surface area contributed by atoms with E-state index >= 15 is 2.81 Å². The van der Waals surface area contributed by atoms with Crippen LogP contribution >= 0.6 is 0 Å². The molecule has 0 aliphatic rings. The summed E-state index contributed by atoms with van der Waals surface area (Å²) in [5, 5.41) is 10.9. The van der Waals surface area contributed by atoms with E-state index in [-0.39, 0.29) is 35.5 Å². The Labute approximate surface area is 265 Å². The van der Waals surface area contributed by atoms with Gasteiger partial charge in [-0.3, -0.25) is 0 Å². The topological polar surface area (TPSA) is 107 Å². The van der Waals surface area contributed by atoms with Crippen molar-refractivity contribution in [3.63, 3.8) is 0 Å².